The standard InChI is InChI=1S/C15H26N4/c1-2-8-19-13(6-7-17-19)10-18-9-12-4-3-5-15(16)14(12)11-18/h6-7,12,14-15H,2-5,8-11,16H2,1H3. The molecule has 1 saturated carbocycles. The number of nitrogens with zero attached hydrogens (tertiary/aromatic N) is 3. The van der Waals surface area contributed by atoms with E-state index >= 15 is 0 Å². The topological polar surface area (TPSA) is 47.1 Å². The van der Waals surface area contributed by atoms with E-state index in [0.717, 1.165) is 31.3 Å². The van der Waals surface area contributed by atoms with Crippen LogP contribution in [-0.4, -0.2) is 33.8 Å². The molecule has 3 unspecified atom stereocenters. The Morgan fingerprint density at radius 1 is 1.37 bits per heavy atom. The van der Waals surface area contributed by atoms with Gasteiger partial charge in [0, 0.05) is 38.4 Å². The van der Waals surface area contributed by atoms with Gasteiger partial charge in [-0.2, -0.15) is 5.10 Å². The van der Waals surface area contributed by atoms with Gasteiger partial charge in [-0.15, -0.1) is 0 Å². The predicted molar refractivity (Wildman–Crippen MR) is 76.6 cm³/mol. The first-order valence-electron chi connectivity index (χ1n) is 7.76. The van der Waals surface area contributed by atoms with E-state index in [1.165, 1.54) is 38.0 Å². The number of hydrogen-bond donors (Lipinski definition) is 1. The van der Waals surface area contributed by atoms with Crippen LogP contribution >= 0.6 is 0 Å². The summed E-state index contributed by atoms with van der Waals surface area (Å²) in [4.78, 5) is 2.59. The molecule has 0 amide bonds. The minimum atomic E-state index is 0.435. The molecule has 3 atom stereocenters. The van der Waals surface area contributed by atoms with E-state index in [9.17, 15) is 0 Å². The van der Waals surface area contributed by atoms with Crippen molar-refractivity contribution in [2.24, 2.45) is 17.6 Å². The molecule has 1 aromatic rings. The quantitative estimate of drug-likeness (QED) is 0.901. The fraction of sp³-hybridized carbons (Fsp3) is 0.800. The van der Waals surface area contributed by atoms with Gasteiger partial charge in [-0.3, -0.25) is 9.58 Å². The normalized spacial score (nSPS) is 31.6. The van der Waals surface area contributed by atoms with Crippen LogP contribution in [0.5, 0.6) is 0 Å². The van der Waals surface area contributed by atoms with Crippen molar-refractivity contribution < 1.29 is 0 Å². The van der Waals surface area contributed by atoms with Gasteiger partial charge in [-0.1, -0.05) is 13.3 Å². The highest BCUT2D eigenvalue weighted by Gasteiger charge is 2.38. The Kier molecular flexibility index (Phi) is 3.89. The molecule has 19 heavy (non-hydrogen) atoms. The third-order valence-corrected chi connectivity index (χ3v) is 4.86. The van der Waals surface area contributed by atoms with Gasteiger partial charge < -0.3 is 5.73 Å². The second-order valence-corrected chi connectivity index (χ2v) is 6.26. The fourth-order valence-electron chi connectivity index (χ4n) is 3.87. The van der Waals surface area contributed by atoms with Crippen LogP contribution in [0.25, 0.3) is 0 Å². The minimum Gasteiger partial charge on any atom is -0.327 e. The van der Waals surface area contributed by atoms with Crippen molar-refractivity contribution in [3.8, 4) is 0 Å². The summed E-state index contributed by atoms with van der Waals surface area (Å²) in [5, 5.41) is 4.42. The molecule has 1 aliphatic carbocycles. The van der Waals surface area contributed by atoms with E-state index in [2.05, 4.69) is 27.7 Å². The van der Waals surface area contributed by atoms with Crippen LogP contribution in [0, 0.1) is 11.8 Å². The lowest BCUT2D eigenvalue weighted by molar-refractivity contribution is 0.259. The highest BCUT2D eigenvalue weighted by molar-refractivity contribution is 5.02. The molecule has 0 spiro atoms. The SMILES string of the molecule is CCCn1nccc1CN1CC2CCCC(N)C2C1. The third kappa shape index (κ3) is 2.70. The number of aromatic nitrogens is 2. The van der Waals surface area contributed by atoms with Crippen LogP contribution < -0.4 is 5.73 Å². The van der Waals surface area contributed by atoms with E-state index in [4.69, 9.17) is 5.73 Å². The Hall–Kier alpha value is -0.870. The van der Waals surface area contributed by atoms with Gasteiger partial charge in [0.1, 0.15) is 0 Å². The molecule has 2 aliphatic rings. The first-order valence-corrected chi connectivity index (χ1v) is 7.76. The molecule has 0 bridgehead atoms. The number of rotatable bonds is 4. The zero-order valence-corrected chi connectivity index (χ0v) is 12.0. The van der Waals surface area contributed by atoms with Crippen LogP contribution in [0.15, 0.2) is 12.3 Å². The van der Waals surface area contributed by atoms with Crippen molar-refractivity contribution >= 4 is 0 Å². The van der Waals surface area contributed by atoms with E-state index < -0.39 is 0 Å². The third-order valence-electron chi connectivity index (χ3n) is 4.86. The minimum absolute atomic E-state index is 0.435. The first-order chi connectivity index (χ1) is 9.28. The van der Waals surface area contributed by atoms with Gasteiger partial charge >= 0.3 is 0 Å². The van der Waals surface area contributed by atoms with E-state index in [1.54, 1.807) is 0 Å². The van der Waals surface area contributed by atoms with Crippen molar-refractivity contribution in [3.05, 3.63) is 18.0 Å². The molecule has 3 rings (SSSR count). The molecule has 1 aromatic heterocycles. The predicted octanol–water partition coefficient (Wildman–Crippen LogP) is 1.85. The maximum Gasteiger partial charge on any atom is 0.0524 e. The molecule has 0 radical (unpaired) electrons. The van der Waals surface area contributed by atoms with Crippen molar-refractivity contribution in [2.45, 2.75) is 51.7 Å². The highest BCUT2D eigenvalue weighted by atomic mass is 15.3. The summed E-state index contributed by atoms with van der Waals surface area (Å²) >= 11 is 0. The number of hydrogen-bond acceptors (Lipinski definition) is 3. The number of fused-ring (bicyclic) bond motifs is 1. The smallest absolute Gasteiger partial charge is 0.0524 e. The van der Waals surface area contributed by atoms with Gasteiger partial charge in [0.2, 0.25) is 0 Å². The molecule has 2 heterocycles. The summed E-state index contributed by atoms with van der Waals surface area (Å²) in [7, 11) is 0. The van der Waals surface area contributed by atoms with Crippen LogP contribution in [0.4, 0.5) is 0 Å². The summed E-state index contributed by atoms with van der Waals surface area (Å²) in [5.74, 6) is 1.57. The summed E-state index contributed by atoms with van der Waals surface area (Å²) < 4.78 is 2.15. The number of aryl methyl sites for hydroxylation is 1. The molecule has 2 N–H and O–H groups in total. The lowest BCUT2D eigenvalue weighted by Crippen LogP contribution is -2.38. The van der Waals surface area contributed by atoms with E-state index in [0.29, 0.717) is 6.04 Å². The van der Waals surface area contributed by atoms with Gasteiger partial charge in [0.15, 0.2) is 0 Å². The second kappa shape index (κ2) is 5.63. The van der Waals surface area contributed by atoms with Gasteiger partial charge in [-0.05, 0) is 37.2 Å². The zero-order valence-electron chi connectivity index (χ0n) is 12.0. The van der Waals surface area contributed by atoms with Crippen LogP contribution in [0.1, 0.15) is 38.3 Å². The van der Waals surface area contributed by atoms with Crippen molar-refractivity contribution in [1.82, 2.24) is 14.7 Å². The maximum absolute atomic E-state index is 6.29. The average Bonchev–Trinajstić information content (AvgIpc) is 2.98. The number of nitrogens with two attached hydrogens (primary N) is 1. The van der Waals surface area contributed by atoms with Gasteiger partial charge in [-0.25, -0.2) is 0 Å². The summed E-state index contributed by atoms with van der Waals surface area (Å²) in [5.41, 5.74) is 7.64. The Bertz CT molecular complexity index is 414. The molecule has 1 saturated heterocycles. The van der Waals surface area contributed by atoms with Gasteiger partial charge in [0.05, 0.1) is 5.69 Å². The summed E-state index contributed by atoms with van der Waals surface area (Å²) in [6, 6.07) is 2.60. The van der Waals surface area contributed by atoms with Gasteiger partial charge in [0.25, 0.3) is 0 Å². The van der Waals surface area contributed by atoms with Crippen molar-refractivity contribution in [1.29, 1.82) is 0 Å². The first kappa shape index (κ1) is 13.1. The Labute approximate surface area is 116 Å². The molecule has 4 heteroatoms. The van der Waals surface area contributed by atoms with E-state index in [1.807, 2.05) is 6.20 Å². The average molecular weight is 262 g/mol. The largest absolute Gasteiger partial charge is 0.327 e. The van der Waals surface area contributed by atoms with Crippen LogP contribution in [0.3, 0.4) is 0 Å². The molecule has 4 nitrogen and oxygen atoms in total. The van der Waals surface area contributed by atoms with Crippen molar-refractivity contribution in [2.75, 3.05) is 13.1 Å². The van der Waals surface area contributed by atoms with Crippen molar-refractivity contribution in [3.63, 3.8) is 0 Å². The lowest BCUT2D eigenvalue weighted by atomic mass is 9.78. The Morgan fingerprint density at radius 2 is 2.26 bits per heavy atom. The monoisotopic (exact) mass is 262 g/mol. The number of likely N-dealkylation sites (tertiary alicyclic amines) is 1. The molecule has 106 valence electrons. The Balaban J connectivity index is 1.63. The van der Waals surface area contributed by atoms with Crippen LogP contribution in [-0.2, 0) is 13.1 Å². The fourth-order valence-corrected chi connectivity index (χ4v) is 3.87. The molecule has 0 aromatic carbocycles. The maximum atomic E-state index is 6.29. The zero-order chi connectivity index (χ0) is 13.2. The molecular formula is C15H26N4. The lowest BCUT2D eigenvalue weighted by Gasteiger charge is -2.29. The summed E-state index contributed by atoms with van der Waals surface area (Å²) in [6.45, 7) is 6.69. The van der Waals surface area contributed by atoms with Crippen LogP contribution in [0.2, 0.25) is 0 Å². The summed E-state index contributed by atoms with van der Waals surface area (Å²) in [6.07, 6.45) is 7.00. The van der Waals surface area contributed by atoms with E-state index in [-0.39, 0.29) is 0 Å². The highest BCUT2D eigenvalue weighted by Crippen LogP contribution is 2.35. The molecule has 1 aliphatic heterocycles. The molecule has 2 fully saturated rings. The molecular weight excluding hydrogens is 236 g/mol. The Morgan fingerprint density at radius 3 is 3.05 bits per heavy atom. The second-order valence-electron chi connectivity index (χ2n) is 6.26.